The quantitative estimate of drug-likeness (QED) is 0.800. The Labute approximate surface area is 148 Å². The van der Waals surface area contributed by atoms with Crippen LogP contribution in [0.1, 0.15) is 6.42 Å². The SMILES string of the molecule is CNc1ccnc(Nc2ccc(OC)c(OCC3CCN(C)C3)c2)n1. The standard InChI is InChI=1S/C18H25N5O2/c1-19-17-6-8-20-18(22-17)21-14-4-5-15(24-3)16(10-14)25-12-13-7-9-23(2)11-13/h4-6,8,10,13H,7,9,11-12H2,1-3H3,(H2,19,20,21,22). The molecule has 1 aliphatic rings. The third-order valence-electron chi connectivity index (χ3n) is 4.29. The van der Waals surface area contributed by atoms with E-state index in [1.54, 1.807) is 13.3 Å². The van der Waals surface area contributed by atoms with E-state index in [0.717, 1.165) is 36.1 Å². The Balaban J connectivity index is 1.70. The van der Waals surface area contributed by atoms with Gasteiger partial charge in [0.15, 0.2) is 11.5 Å². The molecule has 1 aliphatic heterocycles. The molecule has 1 atom stereocenters. The van der Waals surface area contributed by atoms with Gasteiger partial charge in [-0.15, -0.1) is 0 Å². The van der Waals surface area contributed by atoms with Crippen LogP contribution < -0.4 is 20.1 Å². The van der Waals surface area contributed by atoms with Crippen molar-refractivity contribution < 1.29 is 9.47 Å². The van der Waals surface area contributed by atoms with E-state index in [0.29, 0.717) is 18.5 Å². The van der Waals surface area contributed by atoms with Gasteiger partial charge < -0.3 is 25.0 Å². The molecule has 2 heterocycles. The minimum atomic E-state index is 0.528. The number of benzene rings is 1. The number of hydrogen-bond acceptors (Lipinski definition) is 7. The maximum atomic E-state index is 6.04. The Morgan fingerprint density at radius 3 is 2.88 bits per heavy atom. The van der Waals surface area contributed by atoms with Crippen molar-refractivity contribution in [2.24, 2.45) is 5.92 Å². The second-order valence-electron chi connectivity index (χ2n) is 6.23. The fourth-order valence-corrected chi connectivity index (χ4v) is 2.92. The molecule has 2 N–H and O–H groups in total. The summed E-state index contributed by atoms with van der Waals surface area (Å²) in [5.41, 5.74) is 0.854. The molecule has 0 bridgehead atoms. The molecule has 7 heteroatoms. The predicted octanol–water partition coefficient (Wildman–Crippen LogP) is 2.60. The summed E-state index contributed by atoms with van der Waals surface area (Å²) in [4.78, 5) is 10.9. The minimum absolute atomic E-state index is 0.528. The average Bonchev–Trinajstić information content (AvgIpc) is 3.05. The second-order valence-corrected chi connectivity index (χ2v) is 6.23. The molecular formula is C18H25N5O2. The Morgan fingerprint density at radius 2 is 2.16 bits per heavy atom. The van der Waals surface area contributed by atoms with Crippen LogP contribution in [0.15, 0.2) is 30.5 Å². The van der Waals surface area contributed by atoms with Crippen molar-refractivity contribution in [2.45, 2.75) is 6.42 Å². The van der Waals surface area contributed by atoms with Gasteiger partial charge in [-0.05, 0) is 38.2 Å². The lowest BCUT2D eigenvalue weighted by molar-refractivity contribution is 0.238. The Bertz CT molecular complexity index is 710. The van der Waals surface area contributed by atoms with E-state index in [9.17, 15) is 0 Å². The van der Waals surface area contributed by atoms with E-state index in [-0.39, 0.29) is 0 Å². The highest BCUT2D eigenvalue weighted by Crippen LogP contribution is 2.32. The normalized spacial score (nSPS) is 17.3. The molecule has 3 rings (SSSR count). The molecular weight excluding hydrogens is 318 g/mol. The first kappa shape index (κ1) is 17.3. The number of methoxy groups -OCH3 is 1. The van der Waals surface area contributed by atoms with Crippen LogP contribution in [0, 0.1) is 5.92 Å². The number of nitrogens with one attached hydrogen (secondary N) is 2. The second kappa shape index (κ2) is 8.02. The minimum Gasteiger partial charge on any atom is -0.493 e. The van der Waals surface area contributed by atoms with Crippen molar-refractivity contribution in [2.75, 3.05) is 51.5 Å². The van der Waals surface area contributed by atoms with Crippen molar-refractivity contribution >= 4 is 17.5 Å². The number of nitrogens with zero attached hydrogens (tertiary/aromatic N) is 3. The Morgan fingerprint density at radius 1 is 1.28 bits per heavy atom. The molecule has 0 saturated carbocycles. The van der Waals surface area contributed by atoms with E-state index in [4.69, 9.17) is 9.47 Å². The summed E-state index contributed by atoms with van der Waals surface area (Å²) in [6.07, 6.45) is 2.88. The molecule has 7 nitrogen and oxygen atoms in total. The number of rotatable bonds is 7. The summed E-state index contributed by atoms with van der Waals surface area (Å²) in [5.74, 6) is 3.30. The van der Waals surface area contributed by atoms with Crippen molar-refractivity contribution in [1.29, 1.82) is 0 Å². The molecule has 0 spiro atoms. The molecule has 25 heavy (non-hydrogen) atoms. The van der Waals surface area contributed by atoms with Gasteiger partial charge in [-0.1, -0.05) is 0 Å². The summed E-state index contributed by atoms with van der Waals surface area (Å²) in [6.45, 7) is 2.90. The van der Waals surface area contributed by atoms with Gasteiger partial charge in [-0.25, -0.2) is 4.98 Å². The average molecular weight is 343 g/mol. The lowest BCUT2D eigenvalue weighted by Gasteiger charge is -2.16. The molecule has 0 radical (unpaired) electrons. The molecule has 1 aromatic carbocycles. The molecule has 1 aromatic heterocycles. The smallest absolute Gasteiger partial charge is 0.229 e. The van der Waals surface area contributed by atoms with Crippen LogP contribution in [0.4, 0.5) is 17.5 Å². The van der Waals surface area contributed by atoms with E-state index in [2.05, 4.69) is 32.5 Å². The first-order chi connectivity index (χ1) is 12.2. The fraction of sp³-hybridized carbons (Fsp3) is 0.444. The molecule has 0 amide bonds. The Hall–Kier alpha value is -2.54. The fourth-order valence-electron chi connectivity index (χ4n) is 2.92. The molecule has 1 saturated heterocycles. The van der Waals surface area contributed by atoms with Crippen molar-refractivity contribution in [3.63, 3.8) is 0 Å². The largest absolute Gasteiger partial charge is 0.493 e. The van der Waals surface area contributed by atoms with Crippen molar-refractivity contribution in [3.8, 4) is 11.5 Å². The zero-order chi connectivity index (χ0) is 17.6. The van der Waals surface area contributed by atoms with Gasteiger partial charge in [0.2, 0.25) is 5.95 Å². The highest BCUT2D eigenvalue weighted by atomic mass is 16.5. The summed E-state index contributed by atoms with van der Waals surface area (Å²) in [7, 11) is 5.62. The highest BCUT2D eigenvalue weighted by Gasteiger charge is 2.20. The van der Waals surface area contributed by atoms with E-state index < -0.39 is 0 Å². The van der Waals surface area contributed by atoms with Crippen LogP contribution in [-0.4, -0.2) is 55.8 Å². The Kier molecular flexibility index (Phi) is 5.55. The van der Waals surface area contributed by atoms with Gasteiger partial charge in [-0.2, -0.15) is 4.98 Å². The van der Waals surface area contributed by atoms with Gasteiger partial charge in [0.05, 0.1) is 13.7 Å². The third kappa shape index (κ3) is 4.51. The van der Waals surface area contributed by atoms with Crippen LogP contribution in [-0.2, 0) is 0 Å². The lowest BCUT2D eigenvalue weighted by atomic mass is 10.1. The first-order valence-corrected chi connectivity index (χ1v) is 8.45. The predicted molar refractivity (Wildman–Crippen MR) is 99.0 cm³/mol. The lowest BCUT2D eigenvalue weighted by Crippen LogP contribution is -2.18. The van der Waals surface area contributed by atoms with Crippen LogP contribution in [0.3, 0.4) is 0 Å². The first-order valence-electron chi connectivity index (χ1n) is 8.45. The summed E-state index contributed by atoms with van der Waals surface area (Å²) in [5, 5.41) is 6.20. The monoisotopic (exact) mass is 343 g/mol. The van der Waals surface area contributed by atoms with Crippen molar-refractivity contribution in [3.05, 3.63) is 30.5 Å². The zero-order valence-electron chi connectivity index (χ0n) is 15.0. The number of likely N-dealkylation sites (tertiary alicyclic amines) is 1. The van der Waals surface area contributed by atoms with Gasteiger partial charge >= 0.3 is 0 Å². The van der Waals surface area contributed by atoms with Gasteiger partial charge in [0.1, 0.15) is 5.82 Å². The number of hydrogen-bond donors (Lipinski definition) is 2. The molecule has 1 unspecified atom stereocenters. The van der Waals surface area contributed by atoms with Crippen molar-refractivity contribution in [1.82, 2.24) is 14.9 Å². The maximum absolute atomic E-state index is 6.04. The highest BCUT2D eigenvalue weighted by molar-refractivity contribution is 5.60. The number of ether oxygens (including phenoxy) is 2. The van der Waals surface area contributed by atoms with Crippen LogP contribution in [0.2, 0.25) is 0 Å². The third-order valence-corrected chi connectivity index (χ3v) is 4.29. The van der Waals surface area contributed by atoms with Gasteiger partial charge in [0.25, 0.3) is 0 Å². The summed E-state index contributed by atoms with van der Waals surface area (Å²) < 4.78 is 11.5. The topological polar surface area (TPSA) is 71.5 Å². The van der Waals surface area contributed by atoms with Crippen LogP contribution in [0.25, 0.3) is 0 Å². The van der Waals surface area contributed by atoms with Crippen LogP contribution in [0.5, 0.6) is 11.5 Å². The van der Waals surface area contributed by atoms with E-state index in [1.165, 1.54) is 6.42 Å². The van der Waals surface area contributed by atoms with Gasteiger partial charge in [-0.3, -0.25) is 0 Å². The molecule has 0 aliphatic carbocycles. The number of aromatic nitrogens is 2. The zero-order valence-corrected chi connectivity index (χ0v) is 15.0. The summed E-state index contributed by atoms with van der Waals surface area (Å²) >= 11 is 0. The van der Waals surface area contributed by atoms with E-state index >= 15 is 0 Å². The molecule has 2 aromatic rings. The molecule has 1 fully saturated rings. The number of anilines is 3. The van der Waals surface area contributed by atoms with E-state index in [1.807, 2.05) is 31.3 Å². The van der Waals surface area contributed by atoms with Gasteiger partial charge in [0, 0.05) is 37.5 Å². The molecule has 134 valence electrons. The van der Waals surface area contributed by atoms with Crippen LogP contribution >= 0.6 is 0 Å². The maximum Gasteiger partial charge on any atom is 0.229 e. The summed E-state index contributed by atoms with van der Waals surface area (Å²) in [6, 6.07) is 7.55.